The van der Waals surface area contributed by atoms with Gasteiger partial charge < -0.3 is 15.1 Å². The summed E-state index contributed by atoms with van der Waals surface area (Å²) in [5, 5.41) is 3.05. The Bertz CT molecular complexity index is 357. The Morgan fingerprint density at radius 3 is 2.38 bits per heavy atom. The van der Waals surface area contributed by atoms with E-state index in [-0.39, 0.29) is 30.5 Å². The number of alkyl halides is 3. The molecule has 0 aromatic rings. The van der Waals surface area contributed by atoms with Crippen LogP contribution in [0.3, 0.4) is 0 Å². The number of hydrogen-bond donors (Lipinski definition) is 1. The normalized spacial score (nSPS) is 15.7. The molecule has 1 rings (SSSR count). The van der Waals surface area contributed by atoms with Crippen LogP contribution in [0, 0.1) is 0 Å². The topological polar surface area (TPSA) is 47.9 Å². The first-order chi connectivity index (χ1) is 9.33. The Labute approximate surface area is 140 Å². The maximum Gasteiger partial charge on any atom is 0.406 e. The van der Waals surface area contributed by atoms with E-state index < -0.39 is 18.6 Å². The molecule has 9 heteroatoms. The van der Waals surface area contributed by atoms with Crippen molar-refractivity contribution in [2.75, 3.05) is 39.8 Å². The third-order valence-corrected chi connectivity index (χ3v) is 2.95. The molecule has 0 atom stereocenters. The minimum Gasteiger partial charge on any atom is -0.357 e. The van der Waals surface area contributed by atoms with Crippen molar-refractivity contribution in [1.82, 2.24) is 15.1 Å². The number of hydrogen-bond acceptors (Lipinski definition) is 2. The molecule has 1 saturated heterocycles. The van der Waals surface area contributed by atoms with Crippen LogP contribution >= 0.6 is 24.0 Å². The Kier molecular flexibility index (Phi) is 8.98. The van der Waals surface area contributed by atoms with Gasteiger partial charge in [-0.2, -0.15) is 13.2 Å². The van der Waals surface area contributed by atoms with Gasteiger partial charge in [-0.3, -0.25) is 4.79 Å². The number of carbonyl (C=O) groups is 1. The second kappa shape index (κ2) is 9.31. The summed E-state index contributed by atoms with van der Waals surface area (Å²) in [4.78, 5) is 18.4. The predicted molar refractivity (Wildman–Crippen MR) is 85.9 cm³/mol. The van der Waals surface area contributed by atoms with Gasteiger partial charge in [-0.15, -0.1) is 24.0 Å². The highest BCUT2D eigenvalue weighted by molar-refractivity contribution is 14.0. The number of halogens is 4. The standard InChI is InChI=1S/C12H21F3N4O.HI/c1-3-16-11(19-6-4-5-7-19)17-8-10(20)18(2)9-12(13,14)15;/h3-9H2,1-2H3,(H,16,17);1H. The number of aliphatic imine (C=N–C) groups is 1. The number of guanidine groups is 1. The molecule has 1 fully saturated rings. The molecule has 0 aromatic carbocycles. The maximum absolute atomic E-state index is 12.2. The zero-order chi connectivity index (χ0) is 15.2. The summed E-state index contributed by atoms with van der Waals surface area (Å²) in [6.07, 6.45) is -2.26. The molecule has 0 spiro atoms. The van der Waals surface area contributed by atoms with Gasteiger partial charge in [-0.1, -0.05) is 0 Å². The number of rotatable bonds is 4. The van der Waals surface area contributed by atoms with Gasteiger partial charge in [0.15, 0.2) is 5.96 Å². The lowest BCUT2D eigenvalue weighted by atomic mass is 10.4. The summed E-state index contributed by atoms with van der Waals surface area (Å²) in [5.41, 5.74) is 0. The highest BCUT2D eigenvalue weighted by atomic mass is 127. The zero-order valence-electron chi connectivity index (χ0n) is 12.2. The van der Waals surface area contributed by atoms with Crippen molar-refractivity contribution in [3.63, 3.8) is 0 Å². The molecule has 5 nitrogen and oxygen atoms in total. The van der Waals surface area contributed by atoms with Crippen LogP contribution in [-0.2, 0) is 4.79 Å². The lowest BCUT2D eigenvalue weighted by Gasteiger charge is -2.22. The second-order valence-electron chi connectivity index (χ2n) is 4.73. The van der Waals surface area contributed by atoms with E-state index in [1.54, 1.807) is 0 Å². The molecule has 1 aliphatic heterocycles. The molecule has 0 radical (unpaired) electrons. The van der Waals surface area contributed by atoms with Gasteiger partial charge >= 0.3 is 6.18 Å². The van der Waals surface area contributed by atoms with E-state index in [2.05, 4.69) is 10.3 Å². The molecule has 0 unspecified atom stereocenters. The van der Waals surface area contributed by atoms with Crippen molar-refractivity contribution in [2.24, 2.45) is 4.99 Å². The van der Waals surface area contributed by atoms with E-state index in [0.717, 1.165) is 33.0 Å². The number of nitrogens with zero attached hydrogens (tertiary/aromatic N) is 3. The number of nitrogens with one attached hydrogen (secondary N) is 1. The SMILES string of the molecule is CCNC(=NCC(=O)N(C)CC(F)(F)F)N1CCCC1.I. The van der Waals surface area contributed by atoms with Crippen LogP contribution in [0.25, 0.3) is 0 Å². The van der Waals surface area contributed by atoms with E-state index in [4.69, 9.17) is 0 Å². The Balaban J connectivity index is 0.00000400. The summed E-state index contributed by atoms with van der Waals surface area (Å²) in [6.45, 7) is 2.76. The van der Waals surface area contributed by atoms with Gasteiger partial charge in [0.1, 0.15) is 13.1 Å². The largest absolute Gasteiger partial charge is 0.406 e. The maximum atomic E-state index is 12.2. The minimum atomic E-state index is -4.38. The van der Waals surface area contributed by atoms with E-state index in [9.17, 15) is 18.0 Å². The highest BCUT2D eigenvalue weighted by Crippen LogP contribution is 2.15. The van der Waals surface area contributed by atoms with Crippen molar-refractivity contribution < 1.29 is 18.0 Å². The number of carbonyl (C=O) groups excluding carboxylic acids is 1. The van der Waals surface area contributed by atoms with E-state index in [0.29, 0.717) is 17.4 Å². The van der Waals surface area contributed by atoms with Gasteiger partial charge in [0.2, 0.25) is 5.91 Å². The molecule has 1 heterocycles. The van der Waals surface area contributed by atoms with Crippen LogP contribution in [0.5, 0.6) is 0 Å². The molecule has 21 heavy (non-hydrogen) atoms. The van der Waals surface area contributed by atoms with E-state index >= 15 is 0 Å². The van der Waals surface area contributed by atoms with Crippen molar-refractivity contribution >= 4 is 35.8 Å². The molecule has 124 valence electrons. The Morgan fingerprint density at radius 1 is 1.33 bits per heavy atom. The van der Waals surface area contributed by atoms with Crippen LogP contribution in [0.2, 0.25) is 0 Å². The molecule has 0 aromatic heterocycles. The van der Waals surface area contributed by atoms with Crippen molar-refractivity contribution in [2.45, 2.75) is 25.9 Å². The van der Waals surface area contributed by atoms with Gasteiger partial charge in [0.05, 0.1) is 0 Å². The average Bonchev–Trinajstić information content (AvgIpc) is 2.85. The molecule has 1 N–H and O–H groups in total. The van der Waals surface area contributed by atoms with Crippen LogP contribution in [0.4, 0.5) is 13.2 Å². The van der Waals surface area contributed by atoms with Crippen molar-refractivity contribution in [3.05, 3.63) is 0 Å². The third kappa shape index (κ3) is 7.72. The van der Waals surface area contributed by atoms with Gasteiger partial charge in [-0.25, -0.2) is 4.99 Å². The van der Waals surface area contributed by atoms with Crippen LogP contribution in [0.1, 0.15) is 19.8 Å². The first-order valence-corrected chi connectivity index (χ1v) is 6.67. The second-order valence-corrected chi connectivity index (χ2v) is 4.73. The molecule has 0 saturated carbocycles. The van der Waals surface area contributed by atoms with Crippen molar-refractivity contribution in [3.8, 4) is 0 Å². The highest BCUT2D eigenvalue weighted by Gasteiger charge is 2.31. The average molecular weight is 422 g/mol. The lowest BCUT2D eigenvalue weighted by molar-refractivity contribution is -0.157. The summed E-state index contributed by atoms with van der Waals surface area (Å²) in [6, 6.07) is 0. The van der Waals surface area contributed by atoms with E-state index in [1.807, 2.05) is 11.8 Å². The summed E-state index contributed by atoms with van der Waals surface area (Å²) in [5.74, 6) is -0.0457. The number of likely N-dealkylation sites (N-methyl/N-ethyl adjacent to an activating group) is 1. The number of likely N-dealkylation sites (tertiary alicyclic amines) is 1. The minimum absolute atomic E-state index is 0. The molecule has 0 aliphatic carbocycles. The Hall–Kier alpha value is -0.740. The molecular formula is C12H22F3IN4O. The smallest absolute Gasteiger partial charge is 0.357 e. The van der Waals surface area contributed by atoms with Gasteiger partial charge in [0.25, 0.3) is 0 Å². The lowest BCUT2D eigenvalue weighted by Crippen LogP contribution is -2.41. The summed E-state index contributed by atoms with van der Waals surface area (Å²) >= 11 is 0. The van der Waals surface area contributed by atoms with Crippen LogP contribution < -0.4 is 5.32 Å². The molecular weight excluding hydrogens is 400 g/mol. The zero-order valence-corrected chi connectivity index (χ0v) is 14.6. The summed E-state index contributed by atoms with van der Waals surface area (Å²) in [7, 11) is 1.13. The molecule has 1 aliphatic rings. The first-order valence-electron chi connectivity index (χ1n) is 6.67. The molecule has 1 amide bonds. The van der Waals surface area contributed by atoms with E-state index in [1.165, 1.54) is 0 Å². The van der Waals surface area contributed by atoms with Crippen LogP contribution in [-0.4, -0.2) is 67.6 Å². The van der Waals surface area contributed by atoms with Gasteiger partial charge in [0, 0.05) is 26.7 Å². The third-order valence-electron chi connectivity index (χ3n) is 2.95. The monoisotopic (exact) mass is 422 g/mol. The fraction of sp³-hybridized carbons (Fsp3) is 0.833. The molecule has 0 bridgehead atoms. The first kappa shape index (κ1) is 20.3. The Morgan fingerprint density at radius 2 is 1.90 bits per heavy atom. The van der Waals surface area contributed by atoms with Crippen LogP contribution in [0.15, 0.2) is 4.99 Å². The predicted octanol–water partition coefficient (Wildman–Crippen LogP) is 1.69. The van der Waals surface area contributed by atoms with Crippen molar-refractivity contribution in [1.29, 1.82) is 0 Å². The fourth-order valence-electron chi connectivity index (χ4n) is 1.98. The summed E-state index contributed by atoms with van der Waals surface area (Å²) < 4.78 is 36.5. The fourth-order valence-corrected chi connectivity index (χ4v) is 1.98. The quantitative estimate of drug-likeness (QED) is 0.426. The van der Waals surface area contributed by atoms with Gasteiger partial charge in [-0.05, 0) is 19.8 Å². The number of amides is 1.